The van der Waals surface area contributed by atoms with E-state index in [4.69, 9.17) is 38.2 Å². The van der Waals surface area contributed by atoms with E-state index < -0.39 is 16.8 Å². The van der Waals surface area contributed by atoms with Crippen LogP contribution in [-0.2, 0) is 89.2 Å². The number of aromatic amines is 2. The van der Waals surface area contributed by atoms with E-state index in [1.807, 2.05) is 86.4 Å². The first-order valence-electron chi connectivity index (χ1n) is 37.5. The second kappa shape index (κ2) is 40.7. The largest absolute Gasteiger partial charge is 0.508 e. The van der Waals surface area contributed by atoms with Crippen molar-refractivity contribution in [3.8, 4) is 67.7 Å². The normalized spacial score (nSPS) is 11.5. The molecule has 0 unspecified atom stereocenters. The Bertz CT molecular complexity index is 5800. The summed E-state index contributed by atoms with van der Waals surface area (Å²) < 4.78 is 16.6. The lowest BCUT2D eigenvalue weighted by atomic mass is 9.93. The Balaban J connectivity index is 0.000000179. The topological polar surface area (TPSA) is 401 Å². The molecule has 14 aromatic rings. The van der Waals surface area contributed by atoms with Crippen molar-refractivity contribution in [3.63, 3.8) is 0 Å². The predicted octanol–water partition coefficient (Wildman–Crippen LogP) is 13.6. The lowest BCUT2D eigenvalue weighted by Gasteiger charge is -2.13. The first-order chi connectivity index (χ1) is 57.2. The average Bonchev–Trinajstić information content (AvgIpc) is 1.34. The number of phenols is 1. The zero-order valence-corrected chi connectivity index (χ0v) is 67.3. The van der Waals surface area contributed by atoms with Crippen LogP contribution in [0.1, 0.15) is 132 Å². The molecule has 5 aromatic heterocycles. The molecule has 0 saturated heterocycles. The highest BCUT2D eigenvalue weighted by atomic mass is 16.7. The number of aryl methyl sites for hydroxylation is 3. The number of aliphatic hydroxyl groups is 3. The fraction of sp³-hybridized carbons (Fsp3) is 0.233. The van der Waals surface area contributed by atoms with Crippen LogP contribution < -0.4 is 4.74 Å². The van der Waals surface area contributed by atoms with Crippen LogP contribution in [0.3, 0.4) is 0 Å². The summed E-state index contributed by atoms with van der Waals surface area (Å²) in [5, 5.41) is 78.4. The quantitative estimate of drug-likeness (QED) is 0.0306. The van der Waals surface area contributed by atoms with Crippen molar-refractivity contribution >= 4 is 24.3 Å². The van der Waals surface area contributed by atoms with Gasteiger partial charge in [-0.2, -0.15) is 44.3 Å². The van der Waals surface area contributed by atoms with Gasteiger partial charge in [-0.15, -0.1) is 25.5 Å². The van der Waals surface area contributed by atoms with Crippen LogP contribution in [0.5, 0.6) is 11.5 Å². The summed E-state index contributed by atoms with van der Waals surface area (Å²) in [6, 6.07) is 70.3. The maximum absolute atomic E-state index is 10.3. The van der Waals surface area contributed by atoms with Gasteiger partial charge in [0.05, 0.1) is 17.1 Å². The van der Waals surface area contributed by atoms with E-state index in [-0.39, 0.29) is 31.0 Å². The Labute approximate surface area is 685 Å². The van der Waals surface area contributed by atoms with Gasteiger partial charge in [0.2, 0.25) is 11.6 Å². The summed E-state index contributed by atoms with van der Waals surface area (Å²) >= 11 is 0. The number of methoxy groups -OCH3 is 1. The fourth-order valence-corrected chi connectivity index (χ4v) is 13.0. The summed E-state index contributed by atoms with van der Waals surface area (Å²) in [6.07, 6.45) is 8.82. The summed E-state index contributed by atoms with van der Waals surface area (Å²) in [5.74, 6) is 5.40. The molecular formula is C90H89N17O12. The van der Waals surface area contributed by atoms with Gasteiger partial charge < -0.3 is 43.6 Å². The van der Waals surface area contributed by atoms with Crippen molar-refractivity contribution in [2.75, 3.05) is 20.6 Å². The van der Waals surface area contributed by atoms with Crippen LogP contribution in [0.2, 0.25) is 0 Å². The van der Waals surface area contributed by atoms with Crippen molar-refractivity contribution in [2.24, 2.45) is 15.2 Å². The smallest absolute Gasteiger partial charge is 0.373 e. The van der Waals surface area contributed by atoms with Crippen LogP contribution in [0.4, 0.5) is 0 Å². The van der Waals surface area contributed by atoms with Gasteiger partial charge in [-0.3, -0.25) is 0 Å². The summed E-state index contributed by atoms with van der Waals surface area (Å²) in [7, 11) is 1.60. The Morgan fingerprint density at radius 3 is 1.10 bits per heavy atom. The Hall–Kier alpha value is -14.4. The zero-order chi connectivity index (χ0) is 85.2. The van der Waals surface area contributed by atoms with Crippen molar-refractivity contribution in [3.05, 3.63) is 315 Å². The van der Waals surface area contributed by atoms with E-state index in [9.17, 15) is 20.4 Å². The number of ether oxygens (including phenoxy) is 2. The molecule has 0 saturated carbocycles. The maximum Gasteiger partial charge on any atom is 0.373 e. The van der Waals surface area contributed by atoms with Gasteiger partial charge in [0.25, 0.3) is 0 Å². The number of aliphatic imine (C=N–C) groups is 1. The average molecular weight is 1600 g/mol. The van der Waals surface area contributed by atoms with E-state index >= 15 is 0 Å². The monoisotopic (exact) mass is 1600 g/mol. The second-order valence-corrected chi connectivity index (χ2v) is 29.3. The number of hydrogen-bond donors (Lipinski definition) is 6. The number of amidine groups is 1. The number of imidazole rings is 3. The molecule has 1 aliphatic rings. The van der Waals surface area contributed by atoms with Crippen LogP contribution >= 0.6 is 0 Å². The summed E-state index contributed by atoms with van der Waals surface area (Å²) in [5.41, 5.74) is 18.6. The number of nitrogens with one attached hydrogen (secondary N) is 2. The molecule has 0 atom stereocenters. The first-order valence-corrected chi connectivity index (χ1v) is 37.5. The third-order valence-corrected chi connectivity index (χ3v) is 19.0. The van der Waals surface area contributed by atoms with E-state index in [0.29, 0.717) is 67.3 Å². The van der Waals surface area contributed by atoms with Gasteiger partial charge in [0, 0.05) is 62.0 Å². The number of H-pyrrole nitrogens is 2. The van der Waals surface area contributed by atoms with Gasteiger partial charge in [-0.05, 0) is 200 Å². The number of nitrogens with zero attached hydrogens (tertiary/aromatic N) is 15. The number of hydrogen-bond acceptors (Lipinski definition) is 24. The molecule has 9 aromatic carbocycles. The molecule has 0 radical (unpaired) electrons. The van der Waals surface area contributed by atoms with Crippen molar-refractivity contribution in [1.82, 2.24) is 69.9 Å². The van der Waals surface area contributed by atoms with E-state index in [0.717, 1.165) is 114 Å². The molecule has 6 heterocycles. The minimum Gasteiger partial charge on any atom is -0.508 e. The van der Waals surface area contributed by atoms with Gasteiger partial charge >= 0.3 is 18.5 Å². The van der Waals surface area contributed by atoms with E-state index in [2.05, 4.69) is 232 Å². The molecule has 0 spiro atoms. The fourth-order valence-electron chi connectivity index (χ4n) is 13.0. The number of aromatic hydroxyl groups is 1. The van der Waals surface area contributed by atoms with Gasteiger partial charge in [0.15, 0.2) is 19.3 Å². The standard InChI is InChI=1S/C30H32N6O3.C29H29N5O.C28H28N6O2.3CO2/c1-20-31-28(30(2,3)37)18-36(20)17-22-5-10-24(11-6-22)27-16-23(9-14-26(27)29-32-34-35-33-29)15-21-7-12-25(13-8-21)39-19-38-4;1-20-32-27(29(2,3)35)18-34(20)17-22-9-12-24(13-10-22)26-16-23(15-21-7-5-4-6-8-21)11-14-25(26)28-30-19-31-33-28;1-18-29-26(28(2,3)36)17-34(18)16-19-7-10-22(11-8-19)25-15-21(13-20-5-4-6-23(35)14-20)9-12-24(25)27-30-32-33-31-27;3*2-1-3/h5-14,16,18,37H,15,17,19H2,1-4H3,(H,32,33,34,35);4-14,16,18,35H,15,17,19H2,1-3H3;4-12,14-15,17,35-36H,13,16H2,1-3H3,(H,30,31,32,33);;;. The van der Waals surface area contributed by atoms with Crippen molar-refractivity contribution in [1.29, 1.82) is 0 Å². The number of carbonyl (C=O) groups excluding carboxylic acids is 6. The van der Waals surface area contributed by atoms with E-state index in [1.165, 1.54) is 22.3 Å². The molecular weight excluding hydrogens is 1510 g/mol. The molecule has 0 bridgehead atoms. The molecule has 29 nitrogen and oxygen atoms in total. The van der Waals surface area contributed by atoms with Crippen molar-refractivity contribution < 1.29 is 58.7 Å². The SMILES string of the molecule is COCOc1ccc(Cc2ccc(-c3nn[nH]n3)c(-c3ccc(Cn4cc(C(C)(C)O)nc4C)cc3)c2)cc1.Cc1nc(C(C)(C)O)cn1Cc1ccc(-c2cc(Cc3cccc(O)c3)ccc2-c2nn[nH]n2)cc1.Cc1nc(C(C)(C)O)cn1Cc1ccc(-c2cc(Cc3ccccc3)ccc2C2=NCN=N2)cc1.O=C=O.O=C=O.O=C=O. The van der Waals surface area contributed by atoms with Gasteiger partial charge in [-0.1, -0.05) is 182 Å². The molecule has 0 amide bonds. The highest BCUT2D eigenvalue weighted by Crippen LogP contribution is 2.36. The molecule has 15 rings (SSSR count). The second-order valence-electron chi connectivity index (χ2n) is 29.3. The number of azo groups is 1. The molecule has 0 fully saturated rings. The predicted molar refractivity (Wildman–Crippen MR) is 439 cm³/mol. The third-order valence-electron chi connectivity index (χ3n) is 19.0. The molecule has 606 valence electrons. The Morgan fingerprint density at radius 1 is 0.412 bits per heavy atom. The minimum absolute atomic E-state index is 0.225. The number of benzene rings is 9. The summed E-state index contributed by atoms with van der Waals surface area (Å²) in [6.45, 7) is 19.0. The molecule has 29 heteroatoms. The third kappa shape index (κ3) is 24.3. The molecule has 0 aliphatic carbocycles. The zero-order valence-electron chi connectivity index (χ0n) is 67.3. The highest BCUT2D eigenvalue weighted by Gasteiger charge is 2.25. The van der Waals surface area contributed by atoms with Crippen LogP contribution in [0.25, 0.3) is 56.2 Å². The Morgan fingerprint density at radius 2 is 0.756 bits per heavy atom. The molecule has 119 heavy (non-hydrogen) atoms. The first kappa shape index (κ1) is 87.0. The minimum atomic E-state index is -0.977. The van der Waals surface area contributed by atoms with Gasteiger partial charge in [-0.25, -0.2) is 19.9 Å². The maximum atomic E-state index is 10.3. The van der Waals surface area contributed by atoms with Crippen LogP contribution in [0.15, 0.2) is 240 Å². The summed E-state index contributed by atoms with van der Waals surface area (Å²) in [4.78, 5) is 66.8. The lowest BCUT2D eigenvalue weighted by molar-refractivity contribution is -0.193. The number of aromatic nitrogens is 14. The van der Waals surface area contributed by atoms with E-state index in [1.54, 1.807) is 60.8 Å². The van der Waals surface area contributed by atoms with Crippen molar-refractivity contribution in [2.45, 2.75) is 118 Å². The molecule has 1 aliphatic heterocycles. The van der Waals surface area contributed by atoms with Crippen LogP contribution in [-0.4, -0.2) is 135 Å². The number of tetrazole rings is 2. The van der Waals surface area contributed by atoms with Gasteiger partial charge in [0.1, 0.15) is 45.8 Å². The van der Waals surface area contributed by atoms with Crippen LogP contribution in [0, 0.1) is 20.8 Å². The Kier molecular flexibility index (Phi) is 29.8. The lowest BCUT2D eigenvalue weighted by Crippen LogP contribution is -2.15. The molecule has 6 N–H and O–H groups in total. The number of phenolic OH excluding ortho intramolecular Hbond substituents is 1. The number of rotatable bonds is 24. The highest BCUT2D eigenvalue weighted by molar-refractivity contribution is 6.05.